The lowest BCUT2D eigenvalue weighted by molar-refractivity contribution is 0.0652. The predicted octanol–water partition coefficient (Wildman–Crippen LogP) is 17.3. The second kappa shape index (κ2) is 22.7. The van der Waals surface area contributed by atoms with Crippen LogP contribution >= 0.6 is 34.0 Å². The Labute approximate surface area is 404 Å². The molecule has 9 heteroatoms. The van der Waals surface area contributed by atoms with Gasteiger partial charge < -0.3 is 4.74 Å². The summed E-state index contributed by atoms with van der Waals surface area (Å²) in [5, 5.41) is 0. The number of ether oxygens (including phenoxy) is 1. The largest absolute Gasteiger partial charge is 0.494 e. The summed E-state index contributed by atoms with van der Waals surface area (Å²) in [5.74, 6) is 0.528. The van der Waals surface area contributed by atoms with E-state index < -0.39 is 0 Å². The molecule has 66 heavy (non-hydrogen) atoms. The van der Waals surface area contributed by atoms with E-state index in [0.717, 1.165) is 106 Å². The normalized spacial score (nSPS) is 12.5. The molecule has 5 heterocycles. The van der Waals surface area contributed by atoms with E-state index in [2.05, 4.69) is 113 Å². The number of imide groups is 1. The molecule has 8 rings (SSSR count). The molecule has 0 spiro atoms. The molecule has 4 aromatic heterocycles. The number of unbranched alkanes of at least 4 members (excludes halogenated alkanes) is 14. The zero-order valence-corrected chi connectivity index (χ0v) is 42.1. The van der Waals surface area contributed by atoms with Crippen molar-refractivity contribution >= 4 is 56.9 Å². The van der Waals surface area contributed by atoms with Crippen molar-refractivity contribution in [2.45, 2.75) is 137 Å². The average molecular weight is 936 g/mol. The molecule has 0 N–H and O–H groups in total. The van der Waals surface area contributed by atoms with Crippen LogP contribution in [0.5, 0.6) is 5.75 Å². The van der Waals surface area contributed by atoms with Gasteiger partial charge in [-0.2, -0.15) is 0 Å². The first-order valence-corrected chi connectivity index (χ1v) is 27.0. The Hall–Kier alpha value is -4.96. The van der Waals surface area contributed by atoms with Crippen LogP contribution < -0.4 is 4.74 Å². The maximum Gasteiger partial charge on any atom is 0.263 e. The average Bonchev–Trinajstić information content (AvgIpc) is 4.12. The van der Waals surface area contributed by atoms with Crippen LogP contribution in [0.4, 0.5) is 0 Å². The Morgan fingerprint density at radius 2 is 1.09 bits per heavy atom. The standard InChI is InChI=1S/C57H65N3O3S3/c1-6-8-10-12-14-15-16-17-18-20-34-60-56(61)48-49(57(60)62)55(66-54(48)46-31-29-40(5)64-46)47-33-32-45(65-47)44-30-28-39(4)50-53(44)59-51(41-25-22-24-38(3)36-41)52(58-50)42-26-23-27-43(37-42)63-35-21-19-13-11-9-7-2/h22-33,36-37H,6-21,34-35H2,1-5H3. The smallest absolute Gasteiger partial charge is 0.263 e. The molecule has 0 unspecified atom stereocenters. The summed E-state index contributed by atoms with van der Waals surface area (Å²) >= 11 is 4.90. The van der Waals surface area contributed by atoms with Gasteiger partial charge in [0, 0.05) is 42.7 Å². The third-order valence-corrected chi connectivity index (χ3v) is 16.5. The maximum absolute atomic E-state index is 14.4. The van der Waals surface area contributed by atoms with Crippen LogP contribution in [0.25, 0.3) is 63.5 Å². The number of aryl methyl sites for hydroxylation is 3. The summed E-state index contributed by atoms with van der Waals surface area (Å²) in [7, 11) is 0. The Bertz CT molecular complexity index is 2780. The number of hydrogen-bond donors (Lipinski definition) is 0. The maximum atomic E-state index is 14.4. The van der Waals surface area contributed by atoms with E-state index in [1.165, 1.54) is 86.8 Å². The number of hydrogen-bond acceptors (Lipinski definition) is 8. The molecule has 0 radical (unpaired) electrons. The van der Waals surface area contributed by atoms with Gasteiger partial charge in [-0.1, -0.05) is 152 Å². The fourth-order valence-corrected chi connectivity index (χ4v) is 12.6. The summed E-state index contributed by atoms with van der Waals surface area (Å²) < 4.78 is 6.30. The molecule has 344 valence electrons. The van der Waals surface area contributed by atoms with Crippen molar-refractivity contribution in [3.63, 3.8) is 0 Å². The first-order chi connectivity index (χ1) is 32.2. The van der Waals surface area contributed by atoms with Gasteiger partial charge in [0.2, 0.25) is 0 Å². The highest BCUT2D eigenvalue weighted by Crippen LogP contribution is 2.50. The monoisotopic (exact) mass is 935 g/mol. The fraction of sp³-hybridized carbons (Fsp3) is 0.404. The van der Waals surface area contributed by atoms with Crippen LogP contribution in [-0.2, 0) is 0 Å². The van der Waals surface area contributed by atoms with Crippen LogP contribution in [0.1, 0.15) is 153 Å². The molecule has 2 amide bonds. The molecule has 0 fully saturated rings. The van der Waals surface area contributed by atoms with Crippen LogP contribution in [0.3, 0.4) is 0 Å². The Morgan fingerprint density at radius 3 is 1.73 bits per heavy atom. The lowest BCUT2D eigenvalue weighted by atomic mass is 10.0. The molecule has 0 saturated heterocycles. The highest BCUT2D eigenvalue weighted by molar-refractivity contribution is 7.28. The summed E-state index contributed by atoms with van der Waals surface area (Å²) in [6.45, 7) is 12.0. The molecule has 1 aliphatic heterocycles. The van der Waals surface area contributed by atoms with Crippen LogP contribution in [0.2, 0.25) is 0 Å². The van der Waals surface area contributed by atoms with Crippen molar-refractivity contribution in [1.29, 1.82) is 0 Å². The third kappa shape index (κ3) is 10.9. The minimum atomic E-state index is -0.162. The number of aromatic nitrogens is 2. The van der Waals surface area contributed by atoms with Gasteiger partial charge in [0.1, 0.15) is 5.75 Å². The first kappa shape index (κ1) is 47.5. The Balaban J connectivity index is 1.09. The molecular formula is C57H65N3O3S3. The molecular weight excluding hydrogens is 871 g/mol. The van der Waals surface area contributed by atoms with E-state index in [1.807, 2.05) is 6.07 Å². The number of benzene rings is 3. The van der Waals surface area contributed by atoms with E-state index in [1.54, 1.807) is 34.0 Å². The van der Waals surface area contributed by atoms with Crippen molar-refractivity contribution in [2.24, 2.45) is 0 Å². The van der Waals surface area contributed by atoms with Gasteiger partial charge in [-0.15, -0.1) is 34.0 Å². The molecule has 1 aliphatic rings. The van der Waals surface area contributed by atoms with Gasteiger partial charge in [0.25, 0.3) is 11.8 Å². The van der Waals surface area contributed by atoms with Crippen molar-refractivity contribution in [3.8, 4) is 58.2 Å². The quantitative estimate of drug-likeness (QED) is 0.0446. The highest BCUT2D eigenvalue weighted by atomic mass is 32.1. The summed E-state index contributed by atoms with van der Waals surface area (Å²) in [6, 6.07) is 29.5. The number of amides is 2. The SMILES string of the molecule is CCCCCCCCCCCCN1C(=O)c2c(-c3ccc(C)s3)sc(-c3ccc(-c4ccc(C)c5nc(-c6cccc(OCCCCCCCC)c6)c(-c6cccc(C)c6)nc45)s3)c2C1=O. The molecule has 0 bridgehead atoms. The minimum absolute atomic E-state index is 0.152. The Kier molecular flexibility index (Phi) is 16.3. The van der Waals surface area contributed by atoms with E-state index in [0.29, 0.717) is 24.3 Å². The van der Waals surface area contributed by atoms with Gasteiger partial charge >= 0.3 is 0 Å². The molecule has 6 nitrogen and oxygen atoms in total. The van der Waals surface area contributed by atoms with Gasteiger partial charge in [0.05, 0.1) is 49.9 Å². The predicted molar refractivity (Wildman–Crippen MR) is 281 cm³/mol. The fourth-order valence-electron chi connectivity index (χ4n) is 9.13. The molecule has 0 saturated carbocycles. The van der Waals surface area contributed by atoms with E-state index in [-0.39, 0.29) is 11.8 Å². The lowest BCUT2D eigenvalue weighted by Gasteiger charge is -2.15. The number of fused-ring (bicyclic) bond motifs is 2. The van der Waals surface area contributed by atoms with Crippen LogP contribution in [0, 0.1) is 20.8 Å². The summed E-state index contributed by atoms with van der Waals surface area (Å²) in [4.78, 5) is 47.2. The molecule has 0 aliphatic carbocycles. The first-order valence-electron chi connectivity index (χ1n) is 24.6. The van der Waals surface area contributed by atoms with E-state index in [9.17, 15) is 9.59 Å². The zero-order valence-electron chi connectivity index (χ0n) is 39.6. The van der Waals surface area contributed by atoms with E-state index in [4.69, 9.17) is 14.7 Å². The topological polar surface area (TPSA) is 72.4 Å². The van der Waals surface area contributed by atoms with Gasteiger partial charge in [0.15, 0.2) is 0 Å². The van der Waals surface area contributed by atoms with Crippen molar-refractivity contribution in [3.05, 3.63) is 112 Å². The van der Waals surface area contributed by atoms with Crippen molar-refractivity contribution in [2.75, 3.05) is 13.2 Å². The van der Waals surface area contributed by atoms with Crippen molar-refractivity contribution < 1.29 is 14.3 Å². The van der Waals surface area contributed by atoms with Crippen molar-refractivity contribution in [1.82, 2.24) is 14.9 Å². The molecule has 3 aromatic carbocycles. The zero-order chi connectivity index (χ0) is 46.0. The third-order valence-electron chi connectivity index (χ3n) is 12.8. The summed E-state index contributed by atoms with van der Waals surface area (Å²) in [6.07, 6.45) is 19.4. The Morgan fingerprint density at radius 1 is 0.530 bits per heavy atom. The second-order valence-electron chi connectivity index (χ2n) is 18.1. The highest BCUT2D eigenvalue weighted by Gasteiger charge is 2.42. The number of rotatable bonds is 24. The number of carbonyl (C=O) groups is 2. The molecule has 7 aromatic rings. The van der Waals surface area contributed by atoms with Gasteiger partial charge in [-0.3, -0.25) is 14.5 Å². The minimum Gasteiger partial charge on any atom is -0.494 e. The van der Waals surface area contributed by atoms with E-state index >= 15 is 0 Å². The van der Waals surface area contributed by atoms with Crippen LogP contribution in [0.15, 0.2) is 84.9 Å². The lowest BCUT2D eigenvalue weighted by Crippen LogP contribution is -2.31. The van der Waals surface area contributed by atoms with Gasteiger partial charge in [-0.05, 0) is 81.6 Å². The second-order valence-corrected chi connectivity index (χ2v) is 21.5. The molecule has 0 atom stereocenters. The van der Waals surface area contributed by atoms with Crippen LogP contribution in [-0.4, -0.2) is 39.8 Å². The number of carbonyl (C=O) groups excluding carboxylic acids is 2. The number of nitrogens with zero attached hydrogens (tertiary/aromatic N) is 3. The number of thiophene rings is 3. The van der Waals surface area contributed by atoms with Gasteiger partial charge in [-0.25, -0.2) is 9.97 Å². The summed E-state index contributed by atoms with van der Waals surface area (Å²) in [5.41, 5.74) is 9.62.